The summed E-state index contributed by atoms with van der Waals surface area (Å²) in [4.78, 5) is 0. The highest BCUT2D eigenvalue weighted by Crippen LogP contribution is 2.67. The van der Waals surface area contributed by atoms with Crippen molar-refractivity contribution in [3.05, 3.63) is 154 Å². The van der Waals surface area contributed by atoms with Crippen LogP contribution in [-0.4, -0.2) is 19.3 Å². The Balaban J connectivity index is 1.41. The van der Waals surface area contributed by atoms with E-state index in [2.05, 4.69) is 132 Å². The highest BCUT2D eigenvalue weighted by Gasteiger charge is 2.55. The van der Waals surface area contributed by atoms with Gasteiger partial charge in [-0.25, -0.2) is 0 Å². The van der Waals surface area contributed by atoms with E-state index in [9.17, 15) is 5.11 Å². The lowest BCUT2D eigenvalue weighted by molar-refractivity contribution is 0.0642. The Hall–Kier alpha value is -5.32. The van der Waals surface area contributed by atoms with Crippen molar-refractivity contribution in [2.45, 2.75) is 71.5 Å². The van der Waals surface area contributed by atoms with E-state index in [1.807, 2.05) is 24.3 Å². The molecule has 0 unspecified atom stereocenters. The van der Waals surface area contributed by atoms with Gasteiger partial charge < -0.3 is 19.3 Å². The number of rotatable bonds is 6. The maximum absolute atomic E-state index is 11.1. The molecule has 4 heteroatoms. The zero-order chi connectivity index (χ0) is 38.3. The molecule has 6 aromatic carbocycles. The Bertz CT molecular complexity index is 2420. The van der Waals surface area contributed by atoms with Crippen LogP contribution in [0.15, 0.2) is 115 Å². The number of hydrogen-bond donors (Lipinski definition) is 1. The first kappa shape index (κ1) is 35.4. The van der Waals surface area contributed by atoms with Crippen molar-refractivity contribution in [1.29, 1.82) is 0 Å². The van der Waals surface area contributed by atoms with Gasteiger partial charge in [-0.05, 0) is 124 Å². The number of ether oxygens (including phenoxy) is 3. The second-order valence-corrected chi connectivity index (χ2v) is 17.7. The summed E-state index contributed by atoms with van der Waals surface area (Å²) < 4.78 is 19.0. The van der Waals surface area contributed by atoms with Crippen LogP contribution in [0, 0.1) is 17.8 Å². The molecular weight excluding hydrogens is 677 g/mol. The fourth-order valence-electron chi connectivity index (χ4n) is 11.0. The first-order valence-electron chi connectivity index (χ1n) is 19.5. The molecule has 0 atom stereocenters. The molecule has 6 aromatic rings. The van der Waals surface area contributed by atoms with E-state index < -0.39 is 5.60 Å². The Morgan fingerprint density at radius 1 is 0.673 bits per heavy atom. The van der Waals surface area contributed by atoms with Gasteiger partial charge in [-0.3, -0.25) is 0 Å². The Kier molecular flexibility index (Phi) is 8.11. The number of aryl methyl sites for hydroxylation is 1. The SMILES string of the molecule is COc1ccc(C2(c3ccc(OC)cc3)C=Cc3c4c(c5cc(CO)c(-c6ccc(C)cc6)cc5c3O2)-c2ccccc2C42CC(C)(C)CC(C)(C)C2)cc1. The number of fused-ring (bicyclic) bond motifs is 10. The van der Waals surface area contributed by atoms with Gasteiger partial charge in [0.25, 0.3) is 0 Å². The van der Waals surface area contributed by atoms with Crippen molar-refractivity contribution >= 4 is 16.8 Å². The standard InChI is InChI=1S/C51H50O4/c1-32-12-14-33(15-13-32)41-27-43-42(26-34(41)28-52)45-39-10-8-9-11-44(39)50(30-48(2,3)29-49(4,5)31-50)46(45)40-24-25-51(55-47(40)43,35-16-20-37(53-6)21-17-35)36-18-22-38(54-7)23-19-36/h8-27,52H,28-31H2,1-7H3. The van der Waals surface area contributed by atoms with Gasteiger partial charge in [0.1, 0.15) is 17.2 Å². The summed E-state index contributed by atoms with van der Waals surface area (Å²) in [7, 11) is 3.39. The van der Waals surface area contributed by atoms with Crippen LogP contribution in [0.1, 0.15) is 85.9 Å². The zero-order valence-electron chi connectivity index (χ0n) is 33.0. The maximum atomic E-state index is 11.1. The van der Waals surface area contributed by atoms with Crippen molar-refractivity contribution in [2.75, 3.05) is 14.2 Å². The van der Waals surface area contributed by atoms with Gasteiger partial charge in [0.05, 0.1) is 20.8 Å². The molecule has 1 N–H and O–H groups in total. The number of aliphatic hydroxyl groups is 1. The molecule has 0 saturated heterocycles. The van der Waals surface area contributed by atoms with Crippen LogP contribution < -0.4 is 14.2 Å². The molecule has 0 amide bonds. The van der Waals surface area contributed by atoms with E-state index >= 15 is 0 Å². The third-order valence-corrected chi connectivity index (χ3v) is 12.5. The Morgan fingerprint density at radius 2 is 1.27 bits per heavy atom. The highest BCUT2D eigenvalue weighted by molar-refractivity contribution is 6.10. The van der Waals surface area contributed by atoms with Crippen molar-refractivity contribution in [2.24, 2.45) is 10.8 Å². The molecule has 0 bridgehead atoms. The lowest BCUT2D eigenvalue weighted by Gasteiger charge is -2.52. The van der Waals surface area contributed by atoms with E-state index in [1.54, 1.807) is 14.2 Å². The maximum Gasteiger partial charge on any atom is 0.178 e. The van der Waals surface area contributed by atoms with Crippen LogP contribution >= 0.6 is 0 Å². The Morgan fingerprint density at radius 3 is 1.85 bits per heavy atom. The van der Waals surface area contributed by atoms with Crippen LogP contribution in [0.4, 0.5) is 0 Å². The third-order valence-electron chi connectivity index (χ3n) is 12.5. The molecule has 55 heavy (non-hydrogen) atoms. The van der Waals surface area contributed by atoms with Gasteiger partial charge in [-0.2, -0.15) is 0 Å². The fourth-order valence-corrected chi connectivity index (χ4v) is 11.0. The summed E-state index contributed by atoms with van der Waals surface area (Å²) in [6.45, 7) is 11.8. The van der Waals surface area contributed by atoms with Crippen molar-refractivity contribution in [3.63, 3.8) is 0 Å². The predicted molar refractivity (Wildman–Crippen MR) is 224 cm³/mol. The summed E-state index contributed by atoms with van der Waals surface area (Å²) in [5.41, 5.74) is 11.7. The van der Waals surface area contributed by atoms with Crippen LogP contribution in [0.2, 0.25) is 0 Å². The summed E-state index contributed by atoms with van der Waals surface area (Å²) in [6.07, 6.45) is 7.86. The first-order chi connectivity index (χ1) is 26.4. The van der Waals surface area contributed by atoms with Crippen LogP contribution in [-0.2, 0) is 17.6 Å². The number of methoxy groups -OCH3 is 2. The molecule has 1 saturated carbocycles. The van der Waals surface area contributed by atoms with Crippen molar-refractivity contribution in [1.82, 2.24) is 0 Å². The number of benzene rings is 6. The number of aliphatic hydroxyl groups excluding tert-OH is 1. The molecule has 0 aromatic heterocycles. The summed E-state index contributed by atoms with van der Waals surface area (Å²) >= 11 is 0. The normalized spacial score (nSPS) is 18.0. The van der Waals surface area contributed by atoms with E-state index in [0.29, 0.717) is 0 Å². The summed E-state index contributed by atoms with van der Waals surface area (Å²) in [5.74, 6) is 2.45. The van der Waals surface area contributed by atoms with Gasteiger partial charge >= 0.3 is 0 Å². The smallest absolute Gasteiger partial charge is 0.178 e. The van der Waals surface area contributed by atoms with Crippen molar-refractivity contribution in [3.8, 4) is 39.5 Å². The van der Waals surface area contributed by atoms with Crippen LogP contribution in [0.25, 0.3) is 39.1 Å². The molecule has 4 nitrogen and oxygen atoms in total. The monoisotopic (exact) mass is 726 g/mol. The molecule has 278 valence electrons. The van der Waals surface area contributed by atoms with Gasteiger partial charge in [-0.1, -0.05) is 112 Å². The third kappa shape index (κ3) is 5.52. The minimum absolute atomic E-state index is 0.0692. The topological polar surface area (TPSA) is 47.9 Å². The van der Waals surface area contributed by atoms with Crippen molar-refractivity contribution < 1.29 is 19.3 Å². The molecule has 1 heterocycles. The molecule has 2 aliphatic carbocycles. The van der Waals surface area contributed by atoms with E-state index in [0.717, 1.165) is 80.7 Å². The molecule has 1 fully saturated rings. The van der Waals surface area contributed by atoms with Gasteiger partial charge in [0.15, 0.2) is 5.60 Å². The average molecular weight is 727 g/mol. The van der Waals surface area contributed by atoms with E-state index in [-0.39, 0.29) is 22.9 Å². The van der Waals surface area contributed by atoms with E-state index in [1.165, 1.54) is 27.8 Å². The minimum atomic E-state index is -0.948. The molecule has 9 rings (SSSR count). The van der Waals surface area contributed by atoms with Gasteiger partial charge in [0.2, 0.25) is 0 Å². The second-order valence-electron chi connectivity index (χ2n) is 17.7. The Labute approximate surface area is 325 Å². The predicted octanol–water partition coefficient (Wildman–Crippen LogP) is 12.2. The summed E-state index contributed by atoms with van der Waals surface area (Å²) in [6, 6.07) is 38.7. The first-order valence-corrected chi connectivity index (χ1v) is 19.5. The summed E-state index contributed by atoms with van der Waals surface area (Å²) in [5, 5.41) is 13.2. The van der Waals surface area contributed by atoms with Gasteiger partial charge in [-0.15, -0.1) is 0 Å². The van der Waals surface area contributed by atoms with Crippen LogP contribution in [0.3, 0.4) is 0 Å². The van der Waals surface area contributed by atoms with E-state index in [4.69, 9.17) is 14.2 Å². The van der Waals surface area contributed by atoms with Crippen LogP contribution in [0.5, 0.6) is 17.2 Å². The second kappa shape index (κ2) is 12.6. The quantitative estimate of drug-likeness (QED) is 0.186. The fraction of sp³-hybridized carbons (Fsp3) is 0.294. The minimum Gasteiger partial charge on any atom is -0.497 e. The largest absolute Gasteiger partial charge is 0.497 e. The molecule has 3 aliphatic rings. The van der Waals surface area contributed by atoms with Gasteiger partial charge in [0, 0.05) is 27.5 Å². The highest BCUT2D eigenvalue weighted by atomic mass is 16.5. The lowest BCUT2D eigenvalue weighted by Crippen LogP contribution is -2.44. The lowest BCUT2D eigenvalue weighted by atomic mass is 9.52. The average Bonchev–Trinajstić information content (AvgIpc) is 3.44. The molecular formula is C51H50O4. The zero-order valence-corrected chi connectivity index (χ0v) is 33.0. The molecule has 0 radical (unpaired) electrons. The number of hydrogen-bond acceptors (Lipinski definition) is 4. The molecule has 1 spiro atoms. The molecule has 1 aliphatic heterocycles.